The molecular weight excluding hydrogens is 312 g/mol. The average Bonchev–Trinajstić information content (AvgIpc) is 3.14. The van der Waals surface area contributed by atoms with Crippen molar-refractivity contribution in [2.24, 2.45) is 0 Å². The Kier molecular flexibility index (Phi) is 4.38. The number of hydrogen-bond donors (Lipinski definition) is 1. The van der Waals surface area contributed by atoms with Gasteiger partial charge in [-0.2, -0.15) is 0 Å². The SMILES string of the molecule is Cc1nc(C(=O)NC2CCCC2)cc(N2CCc3ccccc3C2)n1. The lowest BCUT2D eigenvalue weighted by atomic mass is 10.00. The second kappa shape index (κ2) is 6.82. The van der Waals surface area contributed by atoms with Crippen LogP contribution in [0.5, 0.6) is 0 Å². The fraction of sp³-hybridized carbons (Fsp3) is 0.450. The van der Waals surface area contributed by atoms with Gasteiger partial charge in [0.1, 0.15) is 17.3 Å². The van der Waals surface area contributed by atoms with Gasteiger partial charge in [-0.15, -0.1) is 0 Å². The van der Waals surface area contributed by atoms with Crippen LogP contribution in [0.1, 0.15) is 53.1 Å². The van der Waals surface area contributed by atoms with Crippen molar-refractivity contribution in [2.45, 2.75) is 51.6 Å². The number of nitrogens with zero attached hydrogens (tertiary/aromatic N) is 3. The minimum atomic E-state index is -0.0731. The van der Waals surface area contributed by atoms with Crippen molar-refractivity contribution in [2.75, 3.05) is 11.4 Å². The summed E-state index contributed by atoms with van der Waals surface area (Å²) in [5.74, 6) is 1.42. The normalized spacial score (nSPS) is 17.4. The van der Waals surface area contributed by atoms with Crippen molar-refractivity contribution in [1.82, 2.24) is 15.3 Å². The molecule has 5 heteroatoms. The van der Waals surface area contributed by atoms with E-state index in [4.69, 9.17) is 0 Å². The van der Waals surface area contributed by atoms with Crippen LogP contribution in [0.25, 0.3) is 0 Å². The minimum absolute atomic E-state index is 0.0731. The fourth-order valence-electron chi connectivity index (χ4n) is 3.85. The van der Waals surface area contributed by atoms with Crippen molar-refractivity contribution in [3.05, 3.63) is 53.0 Å². The van der Waals surface area contributed by atoms with Crippen molar-refractivity contribution in [1.29, 1.82) is 0 Å². The maximum Gasteiger partial charge on any atom is 0.270 e. The second-order valence-corrected chi connectivity index (χ2v) is 7.05. The summed E-state index contributed by atoms with van der Waals surface area (Å²) < 4.78 is 0. The average molecular weight is 336 g/mol. The third kappa shape index (κ3) is 3.50. The maximum atomic E-state index is 12.6. The van der Waals surface area contributed by atoms with Gasteiger partial charge in [0.25, 0.3) is 5.91 Å². The predicted molar refractivity (Wildman–Crippen MR) is 97.7 cm³/mol. The summed E-state index contributed by atoms with van der Waals surface area (Å²) in [7, 11) is 0. The molecule has 1 aliphatic heterocycles. The topological polar surface area (TPSA) is 58.1 Å². The van der Waals surface area contributed by atoms with Crippen LogP contribution in [-0.4, -0.2) is 28.5 Å². The van der Waals surface area contributed by atoms with Crippen LogP contribution in [0.4, 0.5) is 5.82 Å². The van der Waals surface area contributed by atoms with Gasteiger partial charge in [-0.3, -0.25) is 4.79 Å². The molecule has 1 saturated carbocycles. The molecule has 1 amide bonds. The summed E-state index contributed by atoms with van der Waals surface area (Å²) in [5.41, 5.74) is 3.22. The molecule has 2 aliphatic rings. The highest BCUT2D eigenvalue weighted by Crippen LogP contribution is 2.24. The molecule has 0 spiro atoms. The highest BCUT2D eigenvalue weighted by molar-refractivity contribution is 5.93. The Bertz CT molecular complexity index is 783. The molecule has 0 bridgehead atoms. The second-order valence-electron chi connectivity index (χ2n) is 7.05. The number of amides is 1. The van der Waals surface area contributed by atoms with Gasteiger partial charge in [0, 0.05) is 25.2 Å². The van der Waals surface area contributed by atoms with Gasteiger partial charge in [0.15, 0.2) is 0 Å². The van der Waals surface area contributed by atoms with Crippen LogP contribution >= 0.6 is 0 Å². The number of carbonyl (C=O) groups is 1. The van der Waals surface area contributed by atoms with Gasteiger partial charge in [0.2, 0.25) is 0 Å². The molecule has 2 heterocycles. The molecule has 2 aromatic rings. The molecule has 130 valence electrons. The van der Waals surface area contributed by atoms with Crippen LogP contribution < -0.4 is 10.2 Å². The quantitative estimate of drug-likeness (QED) is 0.936. The Morgan fingerprint density at radius 3 is 2.72 bits per heavy atom. The zero-order valence-corrected chi connectivity index (χ0v) is 14.7. The Labute approximate surface area is 148 Å². The first-order chi connectivity index (χ1) is 12.2. The summed E-state index contributed by atoms with van der Waals surface area (Å²) in [6.07, 6.45) is 5.55. The van der Waals surface area contributed by atoms with Crippen molar-refractivity contribution in [3.8, 4) is 0 Å². The Morgan fingerprint density at radius 1 is 1.16 bits per heavy atom. The van der Waals surface area contributed by atoms with Gasteiger partial charge in [-0.25, -0.2) is 9.97 Å². The molecule has 25 heavy (non-hydrogen) atoms. The smallest absolute Gasteiger partial charge is 0.270 e. The molecule has 0 radical (unpaired) electrons. The van der Waals surface area contributed by atoms with Crippen LogP contribution in [0.15, 0.2) is 30.3 Å². The molecule has 0 unspecified atom stereocenters. The van der Waals surface area contributed by atoms with Crippen molar-refractivity contribution in [3.63, 3.8) is 0 Å². The zero-order chi connectivity index (χ0) is 17.2. The monoisotopic (exact) mass is 336 g/mol. The summed E-state index contributed by atoms with van der Waals surface area (Å²) in [6, 6.07) is 10.7. The number of carbonyl (C=O) groups excluding carboxylic acids is 1. The molecule has 5 nitrogen and oxygen atoms in total. The Morgan fingerprint density at radius 2 is 1.92 bits per heavy atom. The lowest BCUT2D eigenvalue weighted by molar-refractivity contribution is 0.0932. The maximum absolute atomic E-state index is 12.6. The van der Waals surface area contributed by atoms with Crippen LogP contribution in [0.2, 0.25) is 0 Å². The van der Waals surface area contributed by atoms with E-state index < -0.39 is 0 Å². The highest BCUT2D eigenvalue weighted by atomic mass is 16.1. The van der Waals surface area contributed by atoms with E-state index in [0.717, 1.165) is 38.2 Å². The molecule has 4 rings (SSSR count). The molecule has 1 fully saturated rings. The van der Waals surface area contributed by atoms with E-state index in [1.807, 2.05) is 13.0 Å². The van der Waals surface area contributed by atoms with Gasteiger partial charge in [0.05, 0.1) is 0 Å². The largest absolute Gasteiger partial charge is 0.352 e. The van der Waals surface area contributed by atoms with Gasteiger partial charge in [-0.1, -0.05) is 37.1 Å². The third-order valence-corrected chi connectivity index (χ3v) is 5.20. The van der Waals surface area contributed by atoms with Crippen LogP contribution in [0.3, 0.4) is 0 Å². The summed E-state index contributed by atoms with van der Waals surface area (Å²) in [6.45, 7) is 3.60. The number of benzene rings is 1. The van der Waals surface area contributed by atoms with E-state index >= 15 is 0 Å². The highest BCUT2D eigenvalue weighted by Gasteiger charge is 2.22. The summed E-state index contributed by atoms with van der Waals surface area (Å²) in [5, 5.41) is 3.12. The number of fused-ring (bicyclic) bond motifs is 1. The van der Waals surface area contributed by atoms with Gasteiger partial charge >= 0.3 is 0 Å². The molecule has 1 aromatic carbocycles. The number of nitrogens with one attached hydrogen (secondary N) is 1. The van der Waals surface area contributed by atoms with Crippen LogP contribution in [-0.2, 0) is 13.0 Å². The summed E-state index contributed by atoms with van der Waals surface area (Å²) in [4.78, 5) is 23.8. The van der Waals surface area contributed by atoms with Gasteiger partial charge in [-0.05, 0) is 37.3 Å². The Balaban J connectivity index is 1.54. The minimum Gasteiger partial charge on any atom is -0.352 e. The van der Waals surface area contributed by atoms with E-state index in [0.29, 0.717) is 17.6 Å². The van der Waals surface area contributed by atoms with Gasteiger partial charge < -0.3 is 10.2 Å². The standard InChI is InChI=1S/C20H24N4O/c1-14-21-18(20(25)23-17-8-4-5-9-17)12-19(22-14)24-11-10-15-6-2-3-7-16(15)13-24/h2-3,6-7,12,17H,4-5,8-11,13H2,1H3,(H,23,25). The van der Waals surface area contributed by atoms with E-state index in [1.54, 1.807) is 0 Å². The van der Waals surface area contributed by atoms with E-state index in [1.165, 1.54) is 24.0 Å². The molecule has 1 N–H and O–H groups in total. The Hall–Kier alpha value is -2.43. The van der Waals surface area contributed by atoms with Crippen molar-refractivity contribution >= 4 is 11.7 Å². The molecule has 1 aliphatic carbocycles. The molecule has 1 aromatic heterocycles. The number of rotatable bonds is 3. The number of aryl methyl sites for hydroxylation is 1. The first-order valence-electron chi connectivity index (χ1n) is 9.17. The van der Waals surface area contributed by atoms with E-state index in [-0.39, 0.29) is 5.91 Å². The first-order valence-corrected chi connectivity index (χ1v) is 9.17. The fourth-order valence-corrected chi connectivity index (χ4v) is 3.85. The van der Waals surface area contributed by atoms with Crippen LogP contribution in [0, 0.1) is 6.92 Å². The summed E-state index contributed by atoms with van der Waals surface area (Å²) >= 11 is 0. The van der Waals surface area contributed by atoms with E-state index in [2.05, 4.69) is 44.5 Å². The zero-order valence-electron chi connectivity index (χ0n) is 14.7. The van der Waals surface area contributed by atoms with Crippen molar-refractivity contribution < 1.29 is 4.79 Å². The first kappa shape index (κ1) is 16.1. The van der Waals surface area contributed by atoms with E-state index in [9.17, 15) is 4.79 Å². The molecule has 0 atom stereocenters. The molecular formula is C20H24N4O. The predicted octanol–water partition coefficient (Wildman–Crippen LogP) is 3.02. The number of aromatic nitrogens is 2. The number of hydrogen-bond acceptors (Lipinski definition) is 4. The lowest BCUT2D eigenvalue weighted by Gasteiger charge is -2.30. The number of anilines is 1. The molecule has 0 saturated heterocycles. The third-order valence-electron chi connectivity index (χ3n) is 5.20. The lowest BCUT2D eigenvalue weighted by Crippen LogP contribution is -2.34.